The smallest absolute Gasteiger partial charge is 0.325 e. The Morgan fingerprint density at radius 1 is 1.47 bits per heavy atom. The topological polar surface area (TPSA) is 42.4 Å². The van der Waals surface area contributed by atoms with Gasteiger partial charge in [0.15, 0.2) is 0 Å². The van der Waals surface area contributed by atoms with Crippen LogP contribution in [0.3, 0.4) is 0 Å². The second-order valence-corrected chi connectivity index (χ2v) is 3.20. The standard InChI is InChI=1S/C11H16N2O2/c1-3-8-13(9-11(14)15-2)10-4-6-12-7-5-10/h4-7H,3,8-9H2,1-2H3. The van der Waals surface area contributed by atoms with Crippen LogP contribution in [0.1, 0.15) is 13.3 Å². The molecule has 1 aromatic rings. The summed E-state index contributed by atoms with van der Waals surface area (Å²) in [7, 11) is 1.40. The van der Waals surface area contributed by atoms with Crippen molar-refractivity contribution in [1.29, 1.82) is 0 Å². The van der Waals surface area contributed by atoms with Crippen LogP contribution in [0.25, 0.3) is 0 Å². The Balaban J connectivity index is 2.70. The predicted molar refractivity (Wildman–Crippen MR) is 58.8 cm³/mol. The van der Waals surface area contributed by atoms with Crippen LogP contribution >= 0.6 is 0 Å². The molecule has 1 heterocycles. The van der Waals surface area contributed by atoms with Gasteiger partial charge in [-0.15, -0.1) is 0 Å². The van der Waals surface area contributed by atoms with Gasteiger partial charge in [-0.25, -0.2) is 0 Å². The third-order valence-corrected chi connectivity index (χ3v) is 2.07. The Bertz CT molecular complexity index is 301. The van der Waals surface area contributed by atoms with E-state index in [4.69, 9.17) is 0 Å². The van der Waals surface area contributed by atoms with E-state index in [2.05, 4.69) is 16.6 Å². The molecular weight excluding hydrogens is 192 g/mol. The van der Waals surface area contributed by atoms with Gasteiger partial charge in [0.2, 0.25) is 0 Å². The van der Waals surface area contributed by atoms with Gasteiger partial charge in [-0.05, 0) is 18.6 Å². The van der Waals surface area contributed by atoms with Crippen molar-refractivity contribution < 1.29 is 9.53 Å². The first-order valence-electron chi connectivity index (χ1n) is 4.99. The third-order valence-electron chi connectivity index (χ3n) is 2.07. The summed E-state index contributed by atoms with van der Waals surface area (Å²) in [5, 5.41) is 0. The number of pyridine rings is 1. The number of rotatable bonds is 5. The Morgan fingerprint density at radius 3 is 2.67 bits per heavy atom. The average molecular weight is 208 g/mol. The Morgan fingerprint density at radius 2 is 2.13 bits per heavy atom. The maximum Gasteiger partial charge on any atom is 0.325 e. The van der Waals surface area contributed by atoms with E-state index >= 15 is 0 Å². The van der Waals surface area contributed by atoms with Gasteiger partial charge in [-0.1, -0.05) is 6.92 Å². The van der Waals surface area contributed by atoms with Crippen molar-refractivity contribution in [2.75, 3.05) is 25.1 Å². The van der Waals surface area contributed by atoms with E-state index < -0.39 is 0 Å². The minimum absolute atomic E-state index is 0.222. The van der Waals surface area contributed by atoms with E-state index in [0.717, 1.165) is 18.7 Å². The summed E-state index contributed by atoms with van der Waals surface area (Å²) in [6.45, 7) is 3.19. The van der Waals surface area contributed by atoms with Crippen molar-refractivity contribution in [2.45, 2.75) is 13.3 Å². The van der Waals surface area contributed by atoms with Crippen molar-refractivity contribution >= 4 is 11.7 Å². The average Bonchev–Trinajstić information content (AvgIpc) is 2.29. The summed E-state index contributed by atoms with van der Waals surface area (Å²) in [5.41, 5.74) is 0.997. The highest BCUT2D eigenvalue weighted by Crippen LogP contribution is 2.12. The SMILES string of the molecule is CCCN(CC(=O)OC)c1ccncc1. The zero-order chi connectivity index (χ0) is 11.1. The van der Waals surface area contributed by atoms with Crippen LogP contribution in [-0.4, -0.2) is 31.2 Å². The van der Waals surface area contributed by atoms with Gasteiger partial charge < -0.3 is 9.64 Å². The third kappa shape index (κ3) is 3.58. The van der Waals surface area contributed by atoms with E-state index in [9.17, 15) is 4.79 Å². The number of ether oxygens (including phenoxy) is 1. The van der Waals surface area contributed by atoms with Gasteiger partial charge in [0.1, 0.15) is 6.54 Å². The minimum Gasteiger partial charge on any atom is -0.468 e. The number of carbonyl (C=O) groups excluding carboxylic acids is 1. The first kappa shape index (κ1) is 11.5. The number of nitrogens with zero attached hydrogens (tertiary/aromatic N) is 2. The summed E-state index contributed by atoms with van der Waals surface area (Å²) >= 11 is 0. The molecule has 0 aromatic carbocycles. The van der Waals surface area contributed by atoms with Crippen LogP contribution in [0.4, 0.5) is 5.69 Å². The van der Waals surface area contributed by atoms with Gasteiger partial charge in [-0.2, -0.15) is 0 Å². The van der Waals surface area contributed by atoms with Crippen molar-refractivity contribution in [3.8, 4) is 0 Å². The highest BCUT2D eigenvalue weighted by molar-refractivity contribution is 5.75. The van der Waals surface area contributed by atoms with Gasteiger partial charge in [0.25, 0.3) is 0 Å². The van der Waals surface area contributed by atoms with Crippen molar-refractivity contribution in [2.24, 2.45) is 0 Å². The molecule has 82 valence electrons. The molecule has 1 aromatic heterocycles. The quantitative estimate of drug-likeness (QED) is 0.687. The van der Waals surface area contributed by atoms with E-state index in [1.54, 1.807) is 12.4 Å². The first-order chi connectivity index (χ1) is 7.27. The largest absolute Gasteiger partial charge is 0.468 e. The number of esters is 1. The summed E-state index contributed by atoms with van der Waals surface area (Å²) in [6.07, 6.45) is 4.42. The minimum atomic E-state index is -0.222. The molecule has 0 amide bonds. The molecule has 0 saturated carbocycles. The number of anilines is 1. The maximum atomic E-state index is 11.2. The Labute approximate surface area is 89.9 Å². The van der Waals surface area contributed by atoms with Gasteiger partial charge in [0, 0.05) is 24.6 Å². The Hall–Kier alpha value is -1.58. The second kappa shape index (κ2) is 6.01. The van der Waals surface area contributed by atoms with Crippen LogP contribution in [0.2, 0.25) is 0 Å². The molecule has 0 aliphatic rings. The van der Waals surface area contributed by atoms with Crippen LogP contribution in [0, 0.1) is 0 Å². The number of hydrogen-bond acceptors (Lipinski definition) is 4. The van der Waals surface area contributed by atoms with E-state index in [1.807, 2.05) is 17.0 Å². The number of methoxy groups -OCH3 is 1. The van der Waals surface area contributed by atoms with Crippen LogP contribution in [0.15, 0.2) is 24.5 Å². The van der Waals surface area contributed by atoms with Gasteiger partial charge in [0.05, 0.1) is 7.11 Å². The fourth-order valence-corrected chi connectivity index (χ4v) is 1.34. The first-order valence-corrected chi connectivity index (χ1v) is 4.99. The molecule has 0 aliphatic heterocycles. The molecule has 0 radical (unpaired) electrons. The molecule has 0 N–H and O–H groups in total. The summed E-state index contributed by atoms with van der Waals surface area (Å²) < 4.78 is 4.65. The molecule has 0 fully saturated rings. The Kier molecular flexibility index (Phi) is 4.60. The summed E-state index contributed by atoms with van der Waals surface area (Å²) in [6, 6.07) is 3.78. The highest BCUT2D eigenvalue weighted by atomic mass is 16.5. The lowest BCUT2D eigenvalue weighted by Crippen LogP contribution is -2.31. The monoisotopic (exact) mass is 208 g/mol. The molecule has 0 atom stereocenters. The lowest BCUT2D eigenvalue weighted by atomic mass is 10.3. The van der Waals surface area contributed by atoms with Gasteiger partial charge >= 0.3 is 5.97 Å². The van der Waals surface area contributed by atoms with E-state index in [1.165, 1.54) is 7.11 Å². The molecular formula is C11H16N2O2. The number of hydrogen-bond donors (Lipinski definition) is 0. The molecule has 0 spiro atoms. The van der Waals surface area contributed by atoms with Crippen molar-refractivity contribution in [3.63, 3.8) is 0 Å². The lowest BCUT2D eigenvalue weighted by Gasteiger charge is -2.22. The van der Waals surface area contributed by atoms with Crippen molar-refractivity contribution in [1.82, 2.24) is 4.98 Å². The summed E-state index contributed by atoms with van der Waals surface area (Å²) in [4.78, 5) is 17.1. The van der Waals surface area contributed by atoms with E-state index in [-0.39, 0.29) is 12.5 Å². The normalized spacial score (nSPS) is 9.73. The molecule has 4 heteroatoms. The number of carbonyl (C=O) groups is 1. The van der Waals surface area contributed by atoms with Crippen LogP contribution in [-0.2, 0) is 9.53 Å². The zero-order valence-corrected chi connectivity index (χ0v) is 9.14. The molecule has 15 heavy (non-hydrogen) atoms. The molecule has 0 bridgehead atoms. The molecule has 1 rings (SSSR count). The van der Waals surface area contributed by atoms with Gasteiger partial charge in [-0.3, -0.25) is 9.78 Å². The molecule has 0 saturated heterocycles. The van der Waals surface area contributed by atoms with Crippen LogP contribution < -0.4 is 4.90 Å². The number of aromatic nitrogens is 1. The maximum absolute atomic E-state index is 11.2. The second-order valence-electron chi connectivity index (χ2n) is 3.20. The molecule has 0 aliphatic carbocycles. The van der Waals surface area contributed by atoms with Crippen LogP contribution in [0.5, 0.6) is 0 Å². The van der Waals surface area contributed by atoms with E-state index in [0.29, 0.717) is 0 Å². The van der Waals surface area contributed by atoms with Crippen molar-refractivity contribution in [3.05, 3.63) is 24.5 Å². The summed E-state index contributed by atoms with van der Waals surface area (Å²) in [5.74, 6) is -0.222. The fourth-order valence-electron chi connectivity index (χ4n) is 1.34. The fraction of sp³-hybridized carbons (Fsp3) is 0.455. The lowest BCUT2D eigenvalue weighted by molar-refractivity contribution is -0.138. The predicted octanol–water partition coefficient (Wildman–Crippen LogP) is 1.47. The molecule has 0 unspecified atom stereocenters. The highest BCUT2D eigenvalue weighted by Gasteiger charge is 2.10. The molecule has 4 nitrogen and oxygen atoms in total. The zero-order valence-electron chi connectivity index (χ0n) is 9.14.